The van der Waals surface area contributed by atoms with Crippen molar-refractivity contribution in [3.05, 3.63) is 60.7 Å². The summed E-state index contributed by atoms with van der Waals surface area (Å²) < 4.78 is 16.0. The zero-order valence-corrected chi connectivity index (χ0v) is 21.4. The number of morpholine rings is 1. The number of anilines is 2. The number of ether oxygens (including phenoxy) is 2. The summed E-state index contributed by atoms with van der Waals surface area (Å²) in [7, 11) is 0. The molecule has 0 atom stereocenters. The molecule has 1 spiro atoms. The summed E-state index contributed by atoms with van der Waals surface area (Å²) in [5.41, 5.74) is 4.55. The van der Waals surface area contributed by atoms with Gasteiger partial charge >= 0.3 is 0 Å². The molecule has 0 bridgehead atoms. The molecule has 4 aliphatic rings. The molecular weight excluding hydrogens is 496 g/mol. The van der Waals surface area contributed by atoms with Gasteiger partial charge in [0.25, 0.3) is 5.91 Å². The van der Waals surface area contributed by atoms with E-state index in [1.807, 2.05) is 35.2 Å². The summed E-state index contributed by atoms with van der Waals surface area (Å²) in [5.74, 6) is 1.60. The molecule has 2 aliphatic heterocycles. The van der Waals surface area contributed by atoms with E-state index < -0.39 is 0 Å². The van der Waals surface area contributed by atoms with Crippen LogP contribution in [0.25, 0.3) is 17.1 Å². The summed E-state index contributed by atoms with van der Waals surface area (Å²) in [5, 5.41) is 11.6. The third-order valence-electron chi connectivity index (χ3n) is 8.20. The molecule has 11 nitrogen and oxygen atoms in total. The maximum absolute atomic E-state index is 13.6. The Balaban J connectivity index is 1.13. The number of aromatic nitrogens is 6. The normalized spacial score (nSPS) is 19.1. The van der Waals surface area contributed by atoms with Crippen molar-refractivity contribution < 1.29 is 14.3 Å². The van der Waals surface area contributed by atoms with Gasteiger partial charge in [-0.05, 0) is 43.9 Å². The van der Waals surface area contributed by atoms with E-state index in [0.717, 1.165) is 54.4 Å². The molecule has 39 heavy (non-hydrogen) atoms. The number of imidazole rings is 1. The van der Waals surface area contributed by atoms with Crippen LogP contribution >= 0.6 is 0 Å². The van der Waals surface area contributed by atoms with E-state index in [1.165, 1.54) is 12.8 Å². The second-order valence-corrected chi connectivity index (χ2v) is 10.8. The lowest BCUT2D eigenvalue weighted by Gasteiger charge is -2.30. The highest BCUT2D eigenvalue weighted by molar-refractivity contribution is 6.05. The molecule has 1 saturated heterocycles. The van der Waals surface area contributed by atoms with Gasteiger partial charge in [0.2, 0.25) is 0 Å². The van der Waals surface area contributed by atoms with Crippen molar-refractivity contribution in [2.75, 3.05) is 43.1 Å². The maximum Gasteiger partial charge on any atom is 0.274 e. The molecule has 198 valence electrons. The number of pyridine rings is 1. The van der Waals surface area contributed by atoms with Crippen LogP contribution in [0.15, 0.2) is 49.3 Å². The number of rotatable bonds is 5. The Hall–Kier alpha value is -4.25. The summed E-state index contributed by atoms with van der Waals surface area (Å²) >= 11 is 0. The molecule has 1 amide bonds. The summed E-state index contributed by atoms with van der Waals surface area (Å²) in [4.78, 5) is 25.1. The first-order chi connectivity index (χ1) is 19.2. The van der Waals surface area contributed by atoms with Crippen LogP contribution in [0.4, 0.5) is 11.4 Å². The van der Waals surface area contributed by atoms with Gasteiger partial charge in [-0.2, -0.15) is 0 Å². The van der Waals surface area contributed by atoms with Gasteiger partial charge in [0, 0.05) is 25.2 Å². The fraction of sp³-hybridized carbons (Fsp3) is 0.393. The quantitative estimate of drug-likeness (QED) is 0.423. The first-order valence-electron chi connectivity index (χ1n) is 13.5. The molecule has 3 aromatic heterocycles. The SMILES string of the molecule is O=C(Nc1cccc2c1OCC1(CC1)n1cnnc1-2)c1cc(-n2cnc(C3CC3)c2)c(N2CCOCC2)cn1. The van der Waals surface area contributed by atoms with Gasteiger partial charge in [-0.3, -0.25) is 4.79 Å². The standard InChI is InChI=1S/C28H28N8O3/c37-27(32-20-3-1-2-19-25(20)39-15-28(6-7-28)36-17-31-33-26(19)36)21-12-23(35-14-22(30-16-35)18-4-5-18)24(13-29-21)34-8-10-38-11-9-34/h1-3,12-14,16-18H,4-11,15H2,(H,32,37). The van der Waals surface area contributed by atoms with E-state index in [9.17, 15) is 4.79 Å². The molecule has 0 radical (unpaired) electrons. The van der Waals surface area contributed by atoms with E-state index >= 15 is 0 Å². The van der Waals surface area contributed by atoms with Crippen LogP contribution in [0.3, 0.4) is 0 Å². The third-order valence-corrected chi connectivity index (χ3v) is 8.20. The predicted molar refractivity (Wildman–Crippen MR) is 142 cm³/mol. The number of hydrogen-bond donors (Lipinski definition) is 1. The van der Waals surface area contributed by atoms with Crippen LogP contribution in [-0.2, 0) is 10.3 Å². The number of benzene rings is 1. The lowest BCUT2D eigenvalue weighted by Crippen LogP contribution is -2.37. The molecule has 3 fully saturated rings. The van der Waals surface area contributed by atoms with Gasteiger partial charge in [0.1, 0.15) is 18.6 Å². The van der Waals surface area contributed by atoms with Gasteiger partial charge in [0.05, 0.1) is 59.6 Å². The smallest absolute Gasteiger partial charge is 0.274 e. The van der Waals surface area contributed by atoms with Gasteiger partial charge in [-0.25, -0.2) is 9.97 Å². The number of hydrogen-bond acceptors (Lipinski definition) is 8. The zero-order valence-electron chi connectivity index (χ0n) is 21.4. The van der Waals surface area contributed by atoms with Crippen molar-refractivity contribution >= 4 is 17.3 Å². The molecule has 1 aromatic carbocycles. The van der Waals surface area contributed by atoms with Crippen LogP contribution in [0.2, 0.25) is 0 Å². The highest BCUT2D eigenvalue weighted by Gasteiger charge is 2.49. The number of fused-ring (bicyclic) bond motifs is 4. The molecule has 2 aliphatic carbocycles. The van der Waals surface area contributed by atoms with Crippen LogP contribution in [0.1, 0.15) is 47.8 Å². The number of carbonyl (C=O) groups excluding carboxylic acids is 1. The van der Waals surface area contributed by atoms with Crippen LogP contribution in [0, 0.1) is 0 Å². The summed E-state index contributed by atoms with van der Waals surface area (Å²) in [6.45, 7) is 3.37. The predicted octanol–water partition coefficient (Wildman–Crippen LogP) is 3.37. The van der Waals surface area contributed by atoms with E-state index in [2.05, 4.69) is 41.1 Å². The average molecular weight is 525 g/mol. The second-order valence-electron chi connectivity index (χ2n) is 10.8. The van der Waals surface area contributed by atoms with E-state index in [0.29, 0.717) is 42.9 Å². The highest BCUT2D eigenvalue weighted by atomic mass is 16.5. The largest absolute Gasteiger partial charge is 0.488 e. The Bertz CT molecular complexity index is 1580. The Labute approximate surface area is 224 Å². The summed E-state index contributed by atoms with van der Waals surface area (Å²) in [6, 6.07) is 7.55. The van der Waals surface area contributed by atoms with Gasteiger partial charge < -0.3 is 28.8 Å². The molecule has 1 N–H and O–H groups in total. The minimum atomic E-state index is -0.309. The van der Waals surface area contributed by atoms with Crippen molar-refractivity contribution in [2.45, 2.75) is 37.1 Å². The van der Waals surface area contributed by atoms with Crippen molar-refractivity contribution in [3.63, 3.8) is 0 Å². The second kappa shape index (κ2) is 8.63. The number of nitrogens with zero attached hydrogens (tertiary/aromatic N) is 7. The number of amides is 1. The molecule has 11 heteroatoms. The lowest BCUT2D eigenvalue weighted by molar-refractivity contribution is 0.102. The average Bonchev–Trinajstić information content (AvgIpc) is 3.89. The topological polar surface area (TPSA) is 112 Å². The highest BCUT2D eigenvalue weighted by Crippen LogP contribution is 2.50. The zero-order chi connectivity index (χ0) is 26.0. The van der Waals surface area contributed by atoms with Crippen LogP contribution in [-0.4, -0.2) is 68.1 Å². The van der Waals surface area contributed by atoms with E-state index in [1.54, 1.807) is 12.5 Å². The van der Waals surface area contributed by atoms with Crippen LogP contribution < -0.4 is 15.0 Å². The Kier molecular flexibility index (Phi) is 5.03. The van der Waals surface area contributed by atoms with E-state index in [4.69, 9.17) is 9.47 Å². The van der Waals surface area contributed by atoms with Crippen molar-refractivity contribution in [2.24, 2.45) is 0 Å². The maximum atomic E-state index is 13.6. The van der Waals surface area contributed by atoms with Crippen LogP contribution in [0.5, 0.6) is 5.75 Å². The Morgan fingerprint density at radius 3 is 2.77 bits per heavy atom. The minimum absolute atomic E-state index is 0.102. The van der Waals surface area contributed by atoms with Crippen molar-refractivity contribution in [3.8, 4) is 22.8 Å². The Morgan fingerprint density at radius 2 is 1.95 bits per heavy atom. The monoisotopic (exact) mass is 524 g/mol. The molecule has 2 saturated carbocycles. The number of carbonyl (C=O) groups is 1. The van der Waals surface area contributed by atoms with Gasteiger partial charge in [-0.15, -0.1) is 10.2 Å². The Morgan fingerprint density at radius 1 is 1.08 bits per heavy atom. The fourth-order valence-electron chi connectivity index (χ4n) is 5.60. The first-order valence-corrected chi connectivity index (χ1v) is 13.5. The van der Waals surface area contributed by atoms with Crippen molar-refractivity contribution in [1.82, 2.24) is 29.3 Å². The fourth-order valence-corrected chi connectivity index (χ4v) is 5.60. The molecule has 4 aromatic rings. The van der Waals surface area contributed by atoms with Gasteiger partial charge in [-0.1, -0.05) is 6.07 Å². The minimum Gasteiger partial charge on any atom is -0.488 e. The molecule has 8 rings (SSSR count). The first kappa shape index (κ1) is 22.7. The third kappa shape index (κ3) is 3.87. The number of para-hydroxylation sites is 1. The van der Waals surface area contributed by atoms with E-state index in [-0.39, 0.29) is 11.4 Å². The molecule has 5 heterocycles. The van der Waals surface area contributed by atoms with Gasteiger partial charge in [0.15, 0.2) is 11.6 Å². The molecular formula is C28H28N8O3. The van der Waals surface area contributed by atoms with Crippen molar-refractivity contribution in [1.29, 1.82) is 0 Å². The molecule has 0 unspecified atom stereocenters. The summed E-state index contributed by atoms with van der Waals surface area (Å²) in [6.07, 6.45) is 11.9. The lowest BCUT2D eigenvalue weighted by atomic mass is 10.1. The number of nitrogens with one attached hydrogen (secondary N) is 1.